The first-order chi connectivity index (χ1) is 12.5. The number of thioether (sulfide) groups is 1. The molecule has 3 aromatic rings. The van der Waals surface area contributed by atoms with Crippen LogP contribution in [0.5, 0.6) is 0 Å². The van der Waals surface area contributed by atoms with Crippen molar-refractivity contribution in [1.82, 2.24) is 9.55 Å². The molecule has 0 amide bonds. The van der Waals surface area contributed by atoms with E-state index in [9.17, 15) is 14.0 Å². The maximum Gasteiger partial charge on any atom is 0.287 e. The van der Waals surface area contributed by atoms with Crippen molar-refractivity contribution in [2.45, 2.75) is 11.9 Å². The molecule has 0 aliphatic rings. The van der Waals surface area contributed by atoms with Crippen molar-refractivity contribution in [2.75, 3.05) is 5.75 Å². The average Bonchev–Trinajstić information content (AvgIpc) is 2.63. The fourth-order valence-electron chi connectivity index (χ4n) is 2.33. The molecule has 0 fully saturated rings. The lowest BCUT2D eigenvalue weighted by Gasteiger charge is -2.09. The van der Waals surface area contributed by atoms with E-state index in [4.69, 9.17) is 0 Å². The molecular weight excluding hydrogens is 419 g/mol. The number of aryl methyl sites for hydroxylation is 1. The van der Waals surface area contributed by atoms with Gasteiger partial charge >= 0.3 is 0 Å². The second kappa shape index (κ2) is 7.97. The van der Waals surface area contributed by atoms with Crippen LogP contribution in [0.15, 0.2) is 69.2 Å². The van der Waals surface area contributed by atoms with Crippen molar-refractivity contribution in [3.63, 3.8) is 0 Å². The molecule has 4 nitrogen and oxygen atoms in total. The van der Waals surface area contributed by atoms with Gasteiger partial charge < -0.3 is 0 Å². The highest BCUT2D eigenvalue weighted by Gasteiger charge is 2.12. The number of carbonyl (C=O) groups excluding carboxylic acids is 1. The monoisotopic (exact) mass is 432 g/mol. The molecule has 0 radical (unpaired) electrons. The maximum absolute atomic E-state index is 12.9. The van der Waals surface area contributed by atoms with Crippen LogP contribution in [0.2, 0.25) is 0 Å². The Balaban J connectivity index is 1.81. The normalized spacial score (nSPS) is 10.7. The van der Waals surface area contributed by atoms with Gasteiger partial charge in [-0.15, -0.1) is 0 Å². The minimum atomic E-state index is -0.397. The summed E-state index contributed by atoms with van der Waals surface area (Å²) in [6.07, 6.45) is 3.13. The van der Waals surface area contributed by atoms with Gasteiger partial charge in [-0.2, -0.15) is 0 Å². The predicted octanol–water partition coefficient (Wildman–Crippen LogP) is 4.42. The zero-order valence-electron chi connectivity index (χ0n) is 13.8. The third-order valence-electron chi connectivity index (χ3n) is 3.74. The van der Waals surface area contributed by atoms with Gasteiger partial charge in [-0.3, -0.25) is 14.2 Å². The molecule has 2 aromatic carbocycles. The quantitative estimate of drug-likeness (QED) is 0.442. The zero-order valence-corrected chi connectivity index (χ0v) is 16.2. The molecule has 26 heavy (non-hydrogen) atoms. The van der Waals surface area contributed by atoms with Gasteiger partial charge in [0.05, 0.1) is 5.75 Å². The minimum absolute atomic E-state index is 0.0528. The van der Waals surface area contributed by atoms with Crippen molar-refractivity contribution in [1.29, 1.82) is 0 Å². The minimum Gasteiger partial charge on any atom is -0.293 e. The van der Waals surface area contributed by atoms with E-state index in [1.807, 2.05) is 25.1 Å². The number of carbonyl (C=O) groups is 1. The summed E-state index contributed by atoms with van der Waals surface area (Å²) in [6.45, 7) is 1.94. The first-order valence-electron chi connectivity index (χ1n) is 7.71. The summed E-state index contributed by atoms with van der Waals surface area (Å²) in [4.78, 5) is 29.0. The maximum atomic E-state index is 12.9. The summed E-state index contributed by atoms with van der Waals surface area (Å²) >= 11 is 4.51. The number of ketones is 1. The van der Waals surface area contributed by atoms with E-state index in [1.165, 1.54) is 35.0 Å². The largest absolute Gasteiger partial charge is 0.293 e. The van der Waals surface area contributed by atoms with E-state index in [-0.39, 0.29) is 22.1 Å². The van der Waals surface area contributed by atoms with Crippen LogP contribution in [-0.2, 0) is 0 Å². The first kappa shape index (κ1) is 18.5. The molecule has 0 bridgehead atoms. The number of aromatic nitrogens is 2. The summed E-state index contributed by atoms with van der Waals surface area (Å²) in [5.41, 5.74) is 1.85. The van der Waals surface area contributed by atoms with Crippen LogP contribution in [0.1, 0.15) is 15.9 Å². The Labute approximate surface area is 162 Å². The second-order valence-electron chi connectivity index (χ2n) is 5.56. The molecule has 0 atom stereocenters. The van der Waals surface area contributed by atoms with E-state index in [1.54, 1.807) is 6.20 Å². The lowest BCUT2D eigenvalue weighted by Crippen LogP contribution is -2.21. The highest BCUT2D eigenvalue weighted by molar-refractivity contribution is 9.10. The van der Waals surface area contributed by atoms with E-state index < -0.39 is 5.82 Å². The topological polar surface area (TPSA) is 52.0 Å². The van der Waals surface area contributed by atoms with Gasteiger partial charge in [0, 0.05) is 28.1 Å². The SMILES string of the molecule is Cc1cc(-n2ccnc(SCC(=O)c3ccc(F)cc3)c2=O)ccc1Br. The zero-order chi connectivity index (χ0) is 18.7. The molecule has 0 aliphatic carbocycles. The Bertz CT molecular complexity index is 1020. The van der Waals surface area contributed by atoms with Crippen molar-refractivity contribution >= 4 is 33.5 Å². The number of Topliss-reactive ketones (excluding diaryl/α,β-unsaturated/α-hetero) is 1. The Morgan fingerprint density at radius 2 is 1.96 bits per heavy atom. The molecule has 0 saturated heterocycles. The number of nitrogens with zero attached hydrogens (tertiary/aromatic N) is 2. The third-order valence-corrected chi connectivity index (χ3v) is 5.58. The Morgan fingerprint density at radius 1 is 1.23 bits per heavy atom. The van der Waals surface area contributed by atoms with Crippen molar-refractivity contribution in [3.05, 3.63) is 86.6 Å². The molecule has 0 unspecified atom stereocenters. The van der Waals surface area contributed by atoms with E-state index in [0.29, 0.717) is 5.56 Å². The van der Waals surface area contributed by atoms with Crippen molar-refractivity contribution < 1.29 is 9.18 Å². The highest BCUT2D eigenvalue weighted by Crippen LogP contribution is 2.20. The van der Waals surface area contributed by atoms with Crippen molar-refractivity contribution in [2.24, 2.45) is 0 Å². The lowest BCUT2D eigenvalue weighted by molar-refractivity contribution is 0.102. The smallest absolute Gasteiger partial charge is 0.287 e. The summed E-state index contributed by atoms with van der Waals surface area (Å²) in [7, 11) is 0. The number of halogens is 2. The van der Waals surface area contributed by atoms with E-state index in [2.05, 4.69) is 20.9 Å². The van der Waals surface area contributed by atoms with Gasteiger partial charge in [-0.25, -0.2) is 9.37 Å². The van der Waals surface area contributed by atoms with Crippen LogP contribution in [0.3, 0.4) is 0 Å². The third kappa shape index (κ3) is 4.11. The number of hydrogen-bond donors (Lipinski definition) is 0. The van der Waals surface area contributed by atoms with Crippen LogP contribution in [-0.4, -0.2) is 21.1 Å². The van der Waals surface area contributed by atoms with Crippen LogP contribution in [0.25, 0.3) is 5.69 Å². The average molecular weight is 433 g/mol. The van der Waals surface area contributed by atoms with Gasteiger partial charge in [-0.05, 0) is 55.0 Å². The van der Waals surface area contributed by atoms with Gasteiger partial charge in [0.2, 0.25) is 0 Å². The standard InChI is InChI=1S/C19H14BrFN2O2S/c1-12-10-15(6-7-16(12)20)23-9-8-22-18(19(23)25)26-11-17(24)13-2-4-14(21)5-3-13/h2-10H,11H2,1H3. The summed E-state index contributed by atoms with van der Waals surface area (Å²) in [6, 6.07) is 10.9. The Kier molecular flexibility index (Phi) is 5.68. The van der Waals surface area contributed by atoms with Gasteiger partial charge in [0.25, 0.3) is 5.56 Å². The fourth-order valence-corrected chi connectivity index (χ4v) is 3.37. The second-order valence-corrected chi connectivity index (χ2v) is 7.38. The van der Waals surface area contributed by atoms with Crippen LogP contribution >= 0.6 is 27.7 Å². The Morgan fingerprint density at radius 3 is 2.65 bits per heavy atom. The van der Waals surface area contributed by atoms with Crippen LogP contribution in [0.4, 0.5) is 4.39 Å². The van der Waals surface area contributed by atoms with Crippen LogP contribution in [0, 0.1) is 12.7 Å². The molecule has 0 saturated carbocycles. The highest BCUT2D eigenvalue weighted by atomic mass is 79.9. The van der Waals surface area contributed by atoms with Gasteiger partial charge in [0.15, 0.2) is 10.8 Å². The van der Waals surface area contributed by atoms with Gasteiger partial charge in [0.1, 0.15) is 5.82 Å². The molecule has 0 N–H and O–H groups in total. The summed E-state index contributed by atoms with van der Waals surface area (Å²) in [5, 5.41) is 0.239. The van der Waals surface area contributed by atoms with Gasteiger partial charge in [-0.1, -0.05) is 27.7 Å². The first-order valence-corrected chi connectivity index (χ1v) is 9.49. The molecule has 1 aromatic heterocycles. The number of benzene rings is 2. The lowest BCUT2D eigenvalue weighted by atomic mass is 10.1. The predicted molar refractivity (Wildman–Crippen MR) is 104 cm³/mol. The van der Waals surface area contributed by atoms with Crippen molar-refractivity contribution in [3.8, 4) is 5.69 Å². The summed E-state index contributed by atoms with van der Waals surface area (Å²) < 4.78 is 15.4. The molecule has 7 heteroatoms. The molecule has 0 spiro atoms. The molecule has 1 heterocycles. The van der Waals surface area contributed by atoms with E-state index >= 15 is 0 Å². The fraction of sp³-hybridized carbons (Fsp3) is 0.105. The molecule has 132 valence electrons. The van der Waals surface area contributed by atoms with Crippen LogP contribution < -0.4 is 5.56 Å². The molecule has 3 rings (SSSR count). The molecule has 0 aliphatic heterocycles. The summed E-state index contributed by atoms with van der Waals surface area (Å²) in [5.74, 6) is -0.533. The van der Waals surface area contributed by atoms with E-state index in [0.717, 1.165) is 27.5 Å². The number of rotatable bonds is 5. The molecular formula is C19H14BrFN2O2S. The number of hydrogen-bond acceptors (Lipinski definition) is 4. The Hall–Kier alpha value is -2.25.